The molecule has 0 atom stereocenters. The number of carbonyl (C=O) groups is 1. The SMILES string of the molecule is COC(=O)c1ccc2nc(CSC)cn2c1. The molecule has 2 heterocycles. The molecule has 0 aliphatic carbocycles. The first-order chi connectivity index (χ1) is 7.74. The summed E-state index contributed by atoms with van der Waals surface area (Å²) in [5.41, 5.74) is 2.38. The number of aromatic nitrogens is 2. The maximum Gasteiger partial charge on any atom is 0.339 e. The van der Waals surface area contributed by atoms with Gasteiger partial charge in [-0.15, -0.1) is 0 Å². The van der Waals surface area contributed by atoms with Crippen LogP contribution < -0.4 is 0 Å². The lowest BCUT2D eigenvalue weighted by Gasteiger charge is -1.99. The van der Waals surface area contributed by atoms with Crippen LogP contribution in [-0.2, 0) is 10.5 Å². The van der Waals surface area contributed by atoms with Gasteiger partial charge in [-0.05, 0) is 18.4 Å². The van der Waals surface area contributed by atoms with E-state index in [-0.39, 0.29) is 5.97 Å². The van der Waals surface area contributed by atoms with Crippen LogP contribution in [0.25, 0.3) is 5.65 Å². The van der Waals surface area contributed by atoms with Crippen molar-refractivity contribution in [1.82, 2.24) is 9.38 Å². The lowest BCUT2D eigenvalue weighted by Crippen LogP contribution is -2.02. The molecule has 2 aromatic heterocycles. The standard InChI is InChI=1S/C11H12N2O2S/c1-15-11(14)8-3-4-10-12-9(7-16-2)6-13(10)5-8/h3-6H,7H2,1-2H3. The summed E-state index contributed by atoms with van der Waals surface area (Å²) >= 11 is 1.72. The van der Waals surface area contributed by atoms with Gasteiger partial charge in [-0.2, -0.15) is 11.8 Å². The van der Waals surface area contributed by atoms with Crippen molar-refractivity contribution in [3.05, 3.63) is 35.8 Å². The second-order valence-electron chi connectivity index (χ2n) is 3.34. The third kappa shape index (κ3) is 2.04. The minimum Gasteiger partial charge on any atom is -0.465 e. The van der Waals surface area contributed by atoms with Crippen LogP contribution in [0.1, 0.15) is 16.1 Å². The number of nitrogens with zero attached hydrogens (tertiary/aromatic N) is 2. The Labute approximate surface area is 97.6 Å². The van der Waals surface area contributed by atoms with Gasteiger partial charge in [0.1, 0.15) is 5.65 Å². The highest BCUT2D eigenvalue weighted by Gasteiger charge is 2.07. The fourth-order valence-electron chi connectivity index (χ4n) is 1.50. The molecule has 0 aliphatic rings. The smallest absolute Gasteiger partial charge is 0.339 e. The van der Waals surface area contributed by atoms with Crippen LogP contribution in [0.2, 0.25) is 0 Å². The van der Waals surface area contributed by atoms with E-state index in [4.69, 9.17) is 0 Å². The van der Waals surface area contributed by atoms with E-state index in [0.29, 0.717) is 5.56 Å². The van der Waals surface area contributed by atoms with E-state index in [9.17, 15) is 4.79 Å². The zero-order valence-corrected chi connectivity index (χ0v) is 9.95. The third-order valence-electron chi connectivity index (χ3n) is 2.21. The number of fused-ring (bicyclic) bond motifs is 1. The van der Waals surface area contributed by atoms with Crippen LogP contribution in [-0.4, -0.2) is 28.7 Å². The van der Waals surface area contributed by atoms with Crippen molar-refractivity contribution in [1.29, 1.82) is 0 Å². The van der Waals surface area contributed by atoms with Crippen LogP contribution in [0, 0.1) is 0 Å². The zero-order chi connectivity index (χ0) is 11.5. The number of hydrogen-bond donors (Lipinski definition) is 0. The van der Waals surface area contributed by atoms with Gasteiger partial charge in [0, 0.05) is 18.1 Å². The summed E-state index contributed by atoms with van der Waals surface area (Å²) < 4.78 is 6.51. The second kappa shape index (κ2) is 4.57. The van der Waals surface area contributed by atoms with Crippen LogP contribution in [0.4, 0.5) is 0 Å². The molecular formula is C11H12N2O2S. The average Bonchev–Trinajstić information content (AvgIpc) is 2.69. The number of ether oxygens (including phenoxy) is 1. The minimum atomic E-state index is -0.331. The van der Waals surface area contributed by atoms with E-state index >= 15 is 0 Å². The number of methoxy groups -OCH3 is 1. The lowest BCUT2D eigenvalue weighted by molar-refractivity contribution is 0.0600. The third-order valence-corrected chi connectivity index (χ3v) is 2.80. The van der Waals surface area contributed by atoms with Gasteiger partial charge in [0.2, 0.25) is 0 Å². The molecule has 0 saturated heterocycles. The highest BCUT2D eigenvalue weighted by molar-refractivity contribution is 7.97. The maximum atomic E-state index is 11.3. The first-order valence-electron chi connectivity index (χ1n) is 4.79. The normalized spacial score (nSPS) is 10.6. The van der Waals surface area contributed by atoms with Crippen molar-refractivity contribution in [2.75, 3.05) is 13.4 Å². The van der Waals surface area contributed by atoms with E-state index in [1.54, 1.807) is 24.0 Å². The van der Waals surface area contributed by atoms with E-state index in [1.807, 2.05) is 22.9 Å². The molecule has 16 heavy (non-hydrogen) atoms. The quantitative estimate of drug-likeness (QED) is 0.764. The van der Waals surface area contributed by atoms with Crippen LogP contribution >= 0.6 is 11.8 Å². The molecule has 0 spiro atoms. The van der Waals surface area contributed by atoms with Crippen molar-refractivity contribution >= 4 is 23.4 Å². The largest absolute Gasteiger partial charge is 0.465 e. The predicted octanol–water partition coefficient (Wildman–Crippen LogP) is 1.98. The topological polar surface area (TPSA) is 43.6 Å². The van der Waals surface area contributed by atoms with Crippen molar-refractivity contribution in [2.24, 2.45) is 0 Å². The molecule has 5 heteroatoms. The molecule has 4 nitrogen and oxygen atoms in total. The van der Waals surface area contributed by atoms with Crippen LogP contribution in [0.15, 0.2) is 24.5 Å². The molecule has 2 aromatic rings. The highest BCUT2D eigenvalue weighted by Crippen LogP contribution is 2.12. The predicted molar refractivity (Wildman–Crippen MR) is 63.8 cm³/mol. The van der Waals surface area contributed by atoms with Crippen molar-refractivity contribution in [3.63, 3.8) is 0 Å². The van der Waals surface area contributed by atoms with Gasteiger partial charge >= 0.3 is 5.97 Å². The number of thioether (sulfide) groups is 1. The molecule has 0 radical (unpaired) electrons. The number of esters is 1. The Hall–Kier alpha value is -1.49. The molecule has 0 N–H and O–H groups in total. The number of imidazole rings is 1. The highest BCUT2D eigenvalue weighted by atomic mass is 32.2. The van der Waals surface area contributed by atoms with Crippen molar-refractivity contribution in [2.45, 2.75) is 5.75 Å². The van der Waals surface area contributed by atoms with Gasteiger partial charge in [-0.3, -0.25) is 0 Å². The van der Waals surface area contributed by atoms with Gasteiger partial charge in [-0.25, -0.2) is 9.78 Å². The van der Waals surface area contributed by atoms with Crippen molar-refractivity contribution < 1.29 is 9.53 Å². The lowest BCUT2D eigenvalue weighted by atomic mass is 10.3. The number of pyridine rings is 1. The Morgan fingerprint density at radius 3 is 3.00 bits per heavy atom. The molecule has 0 saturated carbocycles. The molecule has 0 amide bonds. The van der Waals surface area contributed by atoms with Crippen LogP contribution in [0.5, 0.6) is 0 Å². The summed E-state index contributed by atoms with van der Waals surface area (Å²) in [7, 11) is 1.37. The molecule has 2 rings (SSSR count). The molecule has 0 fully saturated rings. The summed E-state index contributed by atoms with van der Waals surface area (Å²) in [5, 5.41) is 0. The monoisotopic (exact) mass is 236 g/mol. The molecule has 0 unspecified atom stereocenters. The number of rotatable bonds is 3. The van der Waals surface area contributed by atoms with E-state index in [2.05, 4.69) is 9.72 Å². The molecule has 0 aliphatic heterocycles. The Balaban J connectivity index is 2.41. The molecular weight excluding hydrogens is 224 g/mol. The summed E-state index contributed by atoms with van der Waals surface area (Å²) in [6.45, 7) is 0. The van der Waals surface area contributed by atoms with Gasteiger partial charge in [0.05, 0.1) is 18.4 Å². The Morgan fingerprint density at radius 2 is 2.31 bits per heavy atom. The number of carbonyl (C=O) groups excluding carboxylic acids is 1. The van der Waals surface area contributed by atoms with Gasteiger partial charge in [0.15, 0.2) is 0 Å². The molecule has 84 valence electrons. The summed E-state index contributed by atoms with van der Waals surface area (Å²) in [6.07, 6.45) is 5.69. The maximum absolute atomic E-state index is 11.3. The van der Waals surface area contributed by atoms with E-state index < -0.39 is 0 Å². The fraction of sp³-hybridized carbons (Fsp3) is 0.273. The Bertz CT molecular complexity index is 522. The summed E-state index contributed by atoms with van der Waals surface area (Å²) in [5.74, 6) is 0.539. The second-order valence-corrected chi connectivity index (χ2v) is 4.21. The van der Waals surface area contributed by atoms with Gasteiger partial charge in [0.25, 0.3) is 0 Å². The summed E-state index contributed by atoms with van der Waals surface area (Å²) in [4.78, 5) is 15.7. The first kappa shape index (κ1) is 11.0. The summed E-state index contributed by atoms with van der Waals surface area (Å²) in [6, 6.07) is 3.53. The Kier molecular flexibility index (Phi) is 3.14. The number of hydrogen-bond acceptors (Lipinski definition) is 4. The van der Waals surface area contributed by atoms with Crippen molar-refractivity contribution in [3.8, 4) is 0 Å². The zero-order valence-electron chi connectivity index (χ0n) is 9.14. The van der Waals surface area contributed by atoms with Crippen LogP contribution in [0.3, 0.4) is 0 Å². The van der Waals surface area contributed by atoms with Gasteiger partial charge in [-0.1, -0.05) is 0 Å². The van der Waals surface area contributed by atoms with E-state index in [0.717, 1.165) is 17.1 Å². The molecule has 0 aromatic carbocycles. The molecule has 0 bridgehead atoms. The minimum absolute atomic E-state index is 0.331. The first-order valence-corrected chi connectivity index (χ1v) is 6.19. The average molecular weight is 236 g/mol. The van der Waals surface area contributed by atoms with E-state index in [1.165, 1.54) is 7.11 Å². The fourth-order valence-corrected chi connectivity index (χ4v) is 1.94. The Morgan fingerprint density at radius 1 is 1.50 bits per heavy atom. The van der Waals surface area contributed by atoms with Gasteiger partial charge < -0.3 is 9.14 Å².